The maximum atomic E-state index is 9.85. The molecule has 1 aromatic rings. The van der Waals surface area contributed by atoms with E-state index in [0.29, 0.717) is 6.04 Å². The largest absolute Gasteiger partial charge is 1.00 e. The Kier molecular flexibility index (Phi) is 6.05. The molecule has 0 aliphatic carbocycles. The van der Waals surface area contributed by atoms with E-state index in [1.165, 1.54) is 5.56 Å². The molecule has 2 bridgehead atoms. The summed E-state index contributed by atoms with van der Waals surface area (Å²) < 4.78 is 0. The molecule has 0 saturated carbocycles. The fourth-order valence-electron chi connectivity index (χ4n) is 3.23. The number of halogens is 2. The number of aliphatic hydroxyl groups excluding tert-OH is 2. The predicted octanol–water partition coefficient (Wildman–Crippen LogP) is -8.43. The van der Waals surface area contributed by atoms with Gasteiger partial charge in [-0.25, -0.2) is 0 Å². The molecule has 1 aromatic carbocycles. The van der Waals surface area contributed by atoms with E-state index in [0.717, 1.165) is 13.0 Å². The Bertz CT molecular complexity index is 391. The molecule has 0 unspecified atom stereocenters. The Hall–Kier alpha value is -0.360. The summed E-state index contributed by atoms with van der Waals surface area (Å²) in [5.74, 6) is 0. The molecule has 0 radical (unpaired) electrons. The molecule has 2 fully saturated rings. The zero-order chi connectivity index (χ0) is 11.8. The summed E-state index contributed by atoms with van der Waals surface area (Å²) in [4.78, 5) is 0. The molecule has 2 heterocycles. The maximum Gasteiger partial charge on any atom is 0.168 e. The molecule has 4 nitrogen and oxygen atoms in total. The van der Waals surface area contributed by atoms with Gasteiger partial charge in [-0.05, 0) is 0 Å². The third-order valence-electron chi connectivity index (χ3n) is 4.19. The van der Waals surface area contributed by atoms with Crippen LogP contribution in [0.3, 0.4) is 0 Å². The van der Waals surface area contributed by atoms with Gasteiger partial charge in [-0.15, -0.1) is 0 Å². The van der Waals surface area contributed by atoms with Crippen LogP contribution < -0.4 is 35.4 Å². The first-order chi connectivity index (χ1) is 8.25. The molecule has 2 aliphatic rings. The molecule has 108 valence electrons. The van der Waals surface area contributed by atoms with Crippen molar-refractivity contribution in [3.8, 4) is 0 Å². The molecule has 5 atom stereocenters. The van der Waals surface area contributed by atoms with Gasteiger partial charge in [-0.2, -0.15) is 0 Å². The zero-order valence-corrected chi connectivity index (χ0v) is 12.0. The molecule has 19 heavy (non-hydrogen) atoms. The highest BCUT2D eigenvalue weighted by atomic mass is 35.5. The predicted molar refractivity (Wildman–Crippen MR) is 62.0 cm³/mol. The van der Waals surface area contributed by atoms with Crippen LogP contribution in [-0.4, -0.2) is 40.5 Å². The van der Waals surface area contributed by atoms with Gasteiger partial charge in [-0.1, -0.05) is 30.3 Å². The molecule has 0 aromatic heterocycles. The van der Waals surface area contributed by atoms with Crippen LogP contribution in [0.1, 0.15) is 12.0 Å². The zero-order valence-electron chi connectivity index (χ0n) is 10.5. The van der Waals surface area contributed by atoms with Gasteiger partial charge in [0.1, 0.15) is 30.8 Å². The van der Waals surface area contributed by atoms with E-state index >= 15 is 0 Å². The van der Waals surface area contributed by atoms with E-state index in [1.54, 1.807) is 0 Å². The fraction of sp³-hybridized carbons (Fsp3) is 0.538. The second-order valence-electron chi connectivity index (χ2n) is 5.24. The Labute approximate surface area is 125 Å². The second kappa shape index (κ2) is 6.88. The van der Waals surface area contributed by atoms with Gasteiger partial charge in [0.15, 0.2) is 6.04 Å². The molecule has 0 amide bonds. The van der Waals surface area contributed by atoms with Gasteiger partial charge in [0.05, 0.1) is 6.42 Å². The van der Waals surface area contributed by atoms with Crippen molar-refractivity contribution in [2.45, 2.75) is 43.3 Å². The number of nitrogens with two attached hydrogens (primary N) is 2. The standard InChI is InChI=1S/C13H18N2O2.2ClH/c16-12-10-6-9(11(15-10)13(12)17)14-7-8-4-2-1-3-5-8;;/h1-5,9-17H,6-7H2;2*1H/t9-,10-,11+,12-,13+;;/m0../s1. The minimum Gasteiger partial charge on any atom is -1.00 e. The summed E-state index contributed by atoms with van der Waals surface area (Å²) in [7, 11) is 0. The highest BCUT2D eigenvalue weighted by Gasteiger charge is 2.57. The van der Waals surface area contributed by atoms with Gasteiger partial charge in [0.2, 0.25) is 0 Å². The van der Waals surface area contributed by atoms with Crippen LogP contribution in [0.4, 0.5) is 0 Å². The van der Waals surface area contributed by atoms with Crippen LogP contribution in [0.5, 0.6) is 0 Å². The average molecular weight is 307 g/mol. The number of hydrogen-bond acceptors (Lipinski definition) is 2. The lowest BCUT2D eigenvalue weighted by molar-refractivity contribution is -0.752. The Morgan fingerprint density at radius 2 is 1.79 bits per heavy atom. The Balaban J connectivity index is 0.000000902. The van der Waals surface area contributed by atoms with Crippen LogP contribution in [0, 0.1) is 0 Å². The minimum absolute atomic E-state index is 0. The van der Waals surface area contributed by atoms with Crippen LogP contribution in [0.2, 0.25) is 0 Å². The smallest absolute Gasteiger partial charge is 0.168 e. The first-order valence-electron chi connectivity index (χ1n) is 6.34. The minimum atomic E-state index is -0.550. The van der Waals surface area contributed by atoms with Crippen molar-refractivity contribution in [3.05, 3.63) is 35.9 Å². The van der Waals surface area contributed by atoms with Crippen molar-refractivity contribution < 1.29 is 45.7 Å². The number of benzene rings is 1. The summed E-state index contributed by atoms with van der Waals surface area (Å²) in [5.41, 5.74) is 1.31. The van der Waals surface area contributed by atoms with Crippen LogP contribution >= 0.6 is 0 Å². The van der Waals surface area contributed by atoms with Crippen molar-refractivity contribution in [1.82, 2.24) is 0 Å². The van der Waals surface area contributed by atoms with Crippen molar-refractivity contribution in [2.75, 3.05) is 0 Å². The highest BCUT2D eigenvalue weighted by Crippen LogP contribution is 2.21. The molecule has 3 rings (SSSR count). The topological polar surface area (TPSA) is 73.7 Å². The Morgan fingerprint density at radius 1 is 1.11 bits per heavy atom. The summed E-state index contributed by atoms with van der Waals surface area (Å²) in [6, 6.07) is 11.2. The van der Waals surface area contributed by atoms with E-state index < -0.39 is 12.2 Å². The fourth-order valence-corrected chi connectivity index (χ4v) is 3.23. The molecule has 0 spiro atoms. The summed E-state index contributed by atoms with van der Waals surface area (Å²) in [6.07, 6.45) is -0.0810. The Morgan fingerprint density at radius 3 is 2.37 bits per heavy atom. The average Bonchev–Trinajstić information content (AvgIpc) is 2.89. The van der Waals surface area contributed by atoms with Gasteiger partial charge in [-0.3, -0.25) is 0 Å². The van der Waals surface area contributed by atoms with E-state index in [4.69, 9.17) is 0 Å². The lowest BCUT2D eigenvalue weighted by Crippen LogP contribution is -3.00. The van der Waals surface area contributed by atoms with E-state index in [-0.39, 0.29) is 36.9 Å². The third kappa shape index (κ3) is 3.21. The first-order valence-corrected chi connectivity index (χ1v) is 6.34. The van der Waals surface area contributed by atoms with E-state index in [2.05, 4.69) is 34.9 Å². The lowest BCUT2D eigenvalue weighted by atomic mass is 9.90. The quantitative estimate of drug-likeness (QED) is 0.448. The molecule has 6 N–H and O–H groups in total. The second-order valence-corrected chi connectivity index (χ2v) is 5.24. The molecule has 2 saturated heterocycles. The summed E-state index contributed by atoms with van der Waals surface area (Å²) >= 11 is 0. The van der Waals surface area contributed by atoms with E-state index in [1.807, 2.05) is 6.07 Å². The van der Waals surface area contributed by atoms with Crippen LogP contribution in [-0.2, 0) is 6.54 Å². The van der Waals surface area contributed by atoms with E-state index in [9.17, 15) is 10.2 Å². The maximum absolute atomic E-state index is 9.85. The van der Waals surface area contributed by atoms with Crippen molar-refractivity contribution >= 4 is 0 Å². The number of rotatable bonds is 3. The molecule has 2 aliphatic heterocycles. The normalized spacial score (nSPS) is 35.6. The van der Waals surface area contributed by atoms with Crippen molar-refractivity contribution in [2.24, 2.45) is 0 Å². The van der Waals surface area contributed by atoms with Gasteiger partial charge in [0.25, 0.3) is 0 Å². The number of hydrogen-bond donors (Lipinski definition) is 4. The molecular weight excluding hydrogens is 287 g/mol. The molecular formula is C13H20Cl2N2O2. The summed E-state index contributed by atoms with van der Waals surface area (Å²) in [5, 5.41) is 24.0. The number of fused-ring (bicyclic) bond motifs is 2. The number of quaternary nitrogens is 2. The van der Waals surface area contributed by atoms with Crippen molar-refractivity contribution in [1.29, 1.82) is 0 Å². The molecule has 6 heteroatoms. The van der Waals surface area contributed by atoms with Gasteiger partial charge in [0, 0.05) is 5.56 Å². The van der Waals surface area contributed by atoms with Gasteiger partial charge >= 0.3 is 0 Å². The highest BCUT2D eigenvalue weighted by molar-refractivity contribution is 5.13. The SMILES string of the molecule is O[C@@H]1[C@H](O)[C@@H]2[NH2+][C@H]1C[C@@H]2[NH2+]Cc1ccccc1.[Cl-].[Cl-]. The summed E-state index contributed by atoms with van der Waals surface area (Å²) in [6.45, 7) is 0.950. The van der Waals surface area contributed by atoms with Crippen LogP contribution in [0.15, 0.2) is 30.3 Å². The monoisotopic (exact) mass is 306 g/mol. The third-order valence-corrected chi connectivity index (χ3v) is 4.19. The van der Waals surface area contributed by atoms with Gasteiger partial charge < -0.3 is 45.7 Å². The first kappa shape index (κ1) is 16.7. The van der Waals surface area contributed by atoms with Crippen LogP contribution in [0.25, 0.3) is 0 Å². The number of aliphatic hydroxyl groups is 2. The van der Waals surface area contributed by atoms with Crippen molar-refractivity contribution in [3.63, 3.8) is 0 Å². The lowest BCUT2D eigenvalue weighted by Gasteiger charge is -2.22.